The first-order chi connectivity index (χ1) is 33.4. The number of nitrogens with zero attached hydrogens (tertiary/aromatic N) is 4. The van der Waals surface area contributed by atoms with E-state index in [1.165, 1.54) is 5.56 Å². The average molecular weight is 1110 g/mol. The molecule has 0 spiro atoms. The van der Waals surface area contributed by atoms with Crippen LogP contribution in [0.2, 0.25) is 0 Å². The van der Waals surface area contributed by atoms with E-state index in [1.54, 1.807) is 0 Å². The Balaban J connectivity index is 0.00000547. The van der Waals surface area contributed by atoms with Crippen LogP contribution in [0.25, 0.3) is 117 Å². The largest absolute Gasteiger partial charge is 0.507 e. The molecule has 0 aliphatic rings. The minimum atomic E-state index is -0.360. The Kier molecular flexibility index (Phi) is 10.6. The normalized spacial score (nSPS) is 12.6. The number of hydrogen-bond acceptors (Lipinski definition) is 7. The third-order valence-electron chi connectivity index (χ3n) is 13.9. The van der Waals surface area contributed by atoms with Gasteiger partial charge in [0.15, 0.2) is 0 Å². The van der Waals surface area contributed by atoms with Crippen LogP contribution in [0.4, 0.5) is 0 Å². The summed E-state index contributed by atoms with van der Waals surface area (Å²) in [5, 5.41) is 16.9. The molecule has 6 aromatic heterocycles. The van der Waals surface area contributed by atoms with Gasteiger partial charge in [-0.2, -0.15) is 0 Å². The van der Waals surface area contributed by atoms with Crippen molar-refractivity contribution < 1.29 is 39.4 Å². The third kappa shape index (κ3) is 7.66. The zero-order valence-corrected chi connectivity index (χ0v) is 43.8. The molecule has 356 valence electrons. The second-order valence-electron chi connectivity index (χ2n) is 21.9. The molecule has 1 N–H and O–H groups in total. The molecule has 0 radical (unpaired) electrons. The Morgan fingerprint density at radius 3 is 2.06 bits per heavy atom. The molecule has 12 aromatic rings. The summed E-state index contributed by atoms with van der Waals surface area (Å²) in [6, 6.07) is 47.7. The van der Waals surface area contributed by atoms with E-state index in [1.807, 2.05) is 49.5 Å². The predicted molar refractivity (Wildman–Crippen MR) is 284 cm³/mol. The summed E-state index contributed by atoms with van der Waals surface area (Å²) < 4.78 is 21.5. The number of hydrogen-bond donors (Lipinski definition) is 1. The first-order valence-electron chi connectivity index (χ1n) is 24.0. The minimum Gasteiger partial charge on any atom is -0.507 e. The van der Waals surface area contributed by atoms with Gasteiger partial charge in [-0.1, -0.05) is 134 Å². The van der Waals surface area contributed by atoms with Crippen molar-refractivity contribution >= 4 is 66.2 Å². The Morgan fingerprint density at radius 2 is 1.30 bits per heavy atom. The number of furan rings is 3. The molecule has 6 aromatic carbocycles. The Hall–Kier alpha value is -7.28. The molecule has 0 bridgehead atoms. The van der Waals surface area contributed by atoms with E-state index in [2.05, 4.69) is 169 Å². The van der Waals surface area contributed by atoms with Crippen molar-refractivity contribution in [2.75, 3.05) is 0 Å². The molecule has 0 amide bonds. The van der Waals surface area contributed by atoms with Crippen LogP contribution in [0.1, 0.15) is 84.7 Å². The zero-order valence-electron chi connectivity index (χ0n) is 41.5. The summed E-state index contributed by atoms with van der Waals surface area (Å²) in [5.74, 6) is 1.22. The smallest absolute Gasteiger partial charge is 0.254 e. The number of benzene rings is 6. The fourth-order valence-electron chi connectivity index (χ4n) is 9.97. The summed E-state index contributed by atoms with van der Waals surface area (Å²) in [6.45, 7) is 21.8. The standard InChI is InChI=1S/C62H53N4O4.Pt/c1-34-16-20-42-41-21-17-36(30-52(41)68-58(42)64-34)37-26-27-63-47(29-37)38-18-24-50-44(28-38)53-54-51(70-59(53)69-50)25-23-49-55(54)65-57(45-32-40(61(5,6)7)33-46(56(45)67)62(8,9)10)66(49)48-22-19-39(60(2,3)4)31-43(48)35-14-12-11-13-15-35;/h11-27,29-33,67H,1-10H3;/q-1;. The predicted octanol–water partition coefficient (Wildman–Crippen LogP) is 16.7. The molecule has 6 heterocycles. The van der Waals surface area contributed by atoms with Gasteiger partial charge in [-0.15, -0.1) is 12.1 Å². The molecular formula is C62H53N4O4Pt-. The molecule has 0 unspecified atom stereocenters. The van der Waals surface area contributed by atoms with Crippen molar-refractivity contribution in [3.05, 3.63) is 162 Å². The average Bonchev–Trinajstić information content (AvgIpc) is 4.09. The van der Waals surface area contributed by atoms with Gasteiger partial charge in [-0.3, -0.25) is 9.55 Å². The topological polar surface area (TPSA) is 103 Å². The number of aryl methyl sites for hydroxylation is 1. The quantitative estimate of drug-likeness (QED) is 0.171. The number of phenolic OH excluding ortho intramolecular Hbond substituents is 1. The van der Waals surface area contributed by atoms with Crippen molar-refractivity contribution in [3.63, 3.8) is 0 Å². The van der Waals surface area contributed by atoms with Crippen LogP contribution in [0, 0.1) is 13.0 Å². The van der Waals surface area contributed by atoms with Crippen molar-refractivity contribution in [3.8, 4) is 56.3 Å². The molecule has 8 nitrogen and oxygen atoms in total. The van der Waals surface area contributed by atoms with Gasteiger partial charge in [0.2, 0.25) is 5.71 Å². The number of rotatable bonds is 5. The maximum atomic E-state index is 12.6. The molecule has 0 aliphatic carbocycles. The Bertz CT molecular complexity index is 4090. The van der Waals surface area contributed by atoms with Crippen molar-refractivity contribution in [2.24, 2.45) is 0 Å². The summed E-state index contributed by atoms with van der Waals surface area (Å²) in [6.07, 6.45) is 1.83. The van der Waals surface area contributed by atoms with Crippen LogP contribution in [-0.2, 0) is 37.3 Å². The van der Waals surface area contributed by atoms with E-state index in [0.717, 1.165) is 99.6 Å². The SMILES string of the molecule is Cc1ccc2c(n1)oc1cc(-c3ccnc(-c4[c-]c5c(cc4)oc4oc6ccc7c(nc(-c8cc(C(C)(C)C)cc(C(C)(C)C)c8O)n7-c7ccc(C(C)(C)C)cc7-c7ccccc7)c6c45)c3)ccc12.[Pt]. The zero-order chi connectivity index (χ0) is 48.6. The van der Waals surface area contributed by atoms with Gasteiger partial charge in [-0.05, 0) is 112 Å². The third-order valence-corrected chi connectivity index (χ3v) is 13.9. The van der Waals surface area contributed by atoms with Gasteiger partial charge in [0.1, 0.15) is 22.7 Å². The molecule has 9 heteroatoms. The van der Waals surface area contributed by atoms with Crippen molar-refractivity contribution in [2.45, 2.75) is 85.5 Å². The van der Waals surface area contributed by atoms with Gasteiger partial charge in [-0.25, -0.2) is 9.97 Å². The summed E-state index contributed by atoms with van der Waals surface area (Å²) >= 11 is 0. The molecular weight excluding hydrogens is 1060 g/mol. The van der Waals surface area contributed by atoms with Crippen LogP contribution in [-0.4, -0.2) is 24.6 Å². The van der Waals surface area contributed by atoms with E-state index < -0.39 is 0 Å². The molecule has 71 heavy (non-hydrogen) atoms. The number of pyridine rings is 2. The fraction of sp³-hybridized carbons (Fsp3) is 0.210. The molecule has 0 saturated heterocycles. The monoisotopic (exact) mass is 1110 g/mol. The Labute approximate surface area is 426 Å². The fourth-order valence-corrected chi connectivity index (χ4v) is 9.97. The van der Waals surface area contributed by atoms with Gasteiger partial charge in [0, 0.05) is 71.3 Å². The van der Waals surface area contributed by atoms with Crippen molar-refractivity contribution in [1.82, 2.24) is 19.5 Å². The van der Waals surface area contributed by atoms with Crippen LogP contribution < -0.4 is 0 Å². The van der Waals surface area contributed by atoms with Crippen LogP contribution in [0.3, 0.4) is 0 Å². The number of fused-ring (bicyclic) bond motifs is 10. The van der Waals surface area contributed by atoms with E-state index >= 15 is 0 Å². The first kappa shape index (κ1) is 46.1. The summed E-state index contributed by atoms with van der Waals surface area (Å²) in [7, 11) is 0. The van der Waals surface area contributed by atoms with Crippen molar-refractivity contribution in [1.29, 1.82) is 0 Å². The summed E-state index contributed by atoms with van der Waals surface area (Å²) in [4.78, 5) is 15.1. The molecule has 0 aliphatic heterocycles. The number of aromatic nitrogens is 4. The van der Waals surface area contributed by atoms with Gasteiger partial charge >= 0.3 is 0 Å². The summed E-state index contributed by atoms with van der Waals surface area (Å²) in [5.41, 5.74) is 15.0. The number of phenols is 1. The minimum absolute atomic E-state index is 0. The van der Waals surface area contributed by atoms with E-state index in [0.29, 0.717) is 34.0 Å². The van der Waals surface area contributed by atoms with Crippen LogP contribution in [0.15, 0.2) is 147 Å². The van der Waals surface area contributed by atoms with Gasteiger partial charge < -0.3 is 18.4 Å². The molecule has 0 atom stereocenters. The molecule has 0 fully saturated rings. The van der Waals surface area contributed by atoms with E-state index in [4.69, 9.17) is 23.2 Å². The van der Waals surface area contributed by atoms with Crippen LogP contribution >= 0.6 is 0 Å². The van der Waals surface area contributed by atoms with E-state index in [-0.39, 0.29) is 43.1 Å². The number of aromatic hydroxyl groups is 1. The van der Waals surface area contributed by atoms with Gasteiger partial charge in [0.25, 0.3) is 5.78 Å². The first-order valence-corrected chi connectivity index (χ1v) is 24.0. The van der Waals surface area contributed by atoms with E-state index in [9.17, 15) is 5.11 Å². The Morgan fingerprint density at radius 1 is 0.577 bits per heavy atom. The second-order valence-corrected chi connectivity index (χ2v) is 21.9. The van der Waals surface area contributed by atoms with Crippen LogP contribution in [0.5, 0.6) is 5.75 Å². The second kappa shape index (κ2) is 16.4. The molecule has 0 saturated carbocycles. The molecule has 12 rings (SSSR count). The number of imidazole rings is 1. The maximum Gasteiger partial charge on any atom is 0.254 e. The maximum absolute atomic E-state index is 12.6. The van der Waals surface area contributed by atoms with Gasteiger partial charge in [0.05, 0.1) is 27.9 Å².